The van der Waals surface area contributed by atoms with Gasteiger partial charge in [-0.05, 0) is 63.1 Å². The van der Waals surface area contributed by atoms with Crippen LogP contribution >= 0.6 is 0 Å². The fourth-order valence-corrected chi connectivity index (χ4v) is 3.69. The van der Waals surface area contributed by atoms with Crippen molar-refractivity contribution < 1.29 is 0 Å². The van der Waals surface area contributed by atoms with Crippen molar-refractivity contribution in [2.24, 2.45) is 20.8 Å². The number of aliphatic imine (C=N–C) groups is 2. The molecule has 0 bridgehead atoms. The number of nitrogens with one attached hydrogen (secondary N) is 2. The number of nitrogens with zero attached hydrogens (tertiary/aromatic N) is 4. The third kappa shape index (κ3) is 11.2. The molecule has 0 amide bonds. The van der Waals surface area contributed by atoms with E-state index < -0.39 is 0 Å². The van der Waals surface area contributed by atoms with Crippen molar-refractivity contribution in [2.75, 3.05) is 23.7 Å². The Morgan fingerprint density at radius 3 is 1.16 bits per heavy atom. The first-order valence-corrected chi connectivity index (χ1v) is 13.3. The third-order valence-corrected chi connectivity index (χ3v) is 5.42. The van der Waals surface area contributed by atoms with Gasteiger partial charge in [-0.2, -0.15) is 0 Å². The van der Waals surface area contributed by atoms with E-state index in [1.54, 1.807) is 0 Å². The summed E-state index contributed by atoms with van der Waals surface area (Å²) in [5.74, 6) is 3.48. The molecule has 0 radical (unpaired) electrons. The van der Waals surface area contributed by atoms with Crippen LogP contribution in [0, 0.1) is 38.5 Å². The van der Waals surface area contributed by atoms with Gasteiger partial charge < -0.3 is 10.6 Å². The molecule has 6 nitrogen and oxygen atoms in total. The summed E-state index contributed by atoms with van der Waals surface area (Å²) < 4.78 is 0. The van der Waals surface area contributed by atoms with E-state index in [0.717, 1.165) is 34.7 Å². The fourth-order valence-electron chi connectivity index (χ4n) is 3.69. The van der Waals surface area contributed by atoms with Gasteiger partial charge in [0, 0.05) is 22.2 Å². The first kappa shape index (κ1) is 30.7. The molecule has 0 saturated carbocycles. The molecule has 2 heterocycles. The standard InChI is InChI=1S/C26H40N6.C6H6/c1-17-13-19(3)29-21(15-17)31-23(25(5,6)7)27-11-12-28-24(26(8,9)10)32-22-16-18(2)14-20(4)30-22;1-2-4-6-5-3-1/h13-16H,11-12H2,1-10H3,(H,27,29,31)(H,28,30,32);1-6H. The largest absolute Gasteiger partial charge is 0.328 e. The number of aryl methyl sites for hydroxylation is 4. The van der Waals surface area contributed by atoms with Gasteiger partial charge in [-0.3, -0.25) is 9.98 Å². The highest BCUT2D eigenvalue weighted by atomic mass is 15.1. The second-order valence-corrected chi connectivity index (χ2v) is 11.7. The number of pyridine rings is 2. The van der Waals surface area contributed by atoms with Crippen molar-refractivity contribution >= 4 is 23.3 Å². The lowest BCUT2D eigenvalue weighted by atomic mass is 9.94. The molecular formula is C32H46N6. The fraction of sp³-hybridized carbons (Fsp3) is 0.438. The van der Waals surface area contributed by atoms with Gasteiger partial charge in [0.05, 0.1) is 13.1 Å². The Hall–Kier alpha value is -3.54. The molecule has 38 heavy (non-hydrogen) atoms. The van der Waals surface area contributed by atoms with E-state index in [9.17, 15) is 0 Å². The highest BCUT2D eigenvalue weighted by Gasteiger charge is 2.21. The summed E-state index contributed by atoms with van der Waals surface area (Å²) >= 11 is 0. The predicted molar refractivity (Wildman–Crippen MR) is 165 cm³/mol. The van der Waals surface area contributed by atoms with Crippen LogP contribution in [0.3, 0.4) is 0 Å². The molecule has 3 aromatic rings. The van der Waals surface area contributed by atoms with Crippen molar-refractivity contribution in [1.29, 1.82) is 0 Å². The number of amidine groups is 2. The van der Waals surface area contributed by atoms with Crippen LogP contribution in [0.4, 0.5) is 11.6 Å². The first-order valence-electron chi connectivity index (χ1n) is 13.3. The van der Waals surface area contributed by atoms with Crippen molar-refractivity contribution in [1.82, 2.24) is 9.97 Å². The van der Waals surface area contributed by atoms with Gasteiger partial charge in [0.2, 0.25) is 0 Å². The zero-order chi connectivity index (χ0) is 28.3. The maximum absolute atomic E-state index is 4.85. The number of hydrogen-bond donors (Lipinski definition) is 2. The molecule has 0 atom stereocenters. The molecule has 3 rings (SSSR count). The Morgan fingerprint density at radius 1 is 0.579 bits per heavy atom. The molecule has 0 saturated heterocycles. The summed E-state index contributed by atoms with van der Waals surface area (Å²) in [4.78, 5) is 18.9. The van der Waals surface area contributed by atoms with Crippen molar-refractivity contribution in [3.05, 3.63) is 83.2 Å². The minimum Gasteiger partial charge on any atom is -0.328 e. The van der Waals surface area contributed by atoms with Gasteiger partial charge in [-0.25, -0.2) is 9.97 Å². The first-order chi connectivity index (χ1) is 17.7. The summed E-state index contributed by atoms with van der Waals surface area (Å²) in [5, 5.41) is 6.87. The molecule has 0 aliphatic heterocycles. The Labute approximate surface area is 230 Å². The zero-order valence-electron chi connectivity index (χ0n) is 25.0. The molecule has 0 aliphatic carbocycles. The van der Waals surface area contributed by atoms with Crippen LogP contribution in [0.1, 0.15) is 64.1 Å². The second-order valence-electron chi connectivity index (χ2n) is 11.7. The van der Waals surface area contributed by atoms with E-state index in [1.807, 2.05) is 62.4 Å². The van der Waals surface area contributed by atoms with Crippen LogP contribution < -0.4 is 10.6 Å². The molecule has 0 unspecified atom stereocenters. The van der Waals surface area contributed by atoms with Crippen molar-refractivity contribution in [2.45, 2.75) is 69.2 Å². The molecule has 0 aliphatic rings. The van der Waals surface area contributed by atoms with Gasteiger partial charge >= 0.3 is 0 Å². The molecule has 204 valence electrons. The highest BCUT2D eigenvalue weighted by Crippen LogP contribution is 2.21. The number of benzene rings is 1. The van der Waals surface area contributed by atoms with E-state index >= 15 is 0 Å². The summed E-state index contributed by atoms with van der Waals surface area (Å²) in [6, 6.07) is 20.2. The Morgan fingerprint density at radius 2 is 0.895 bits per heavy atom. The third-order valence-electron chi connectivity index (χ3n) is 5.42. The molecule has 1 aromatic carbocycles. The molecule has 0 fully saturated rings. The second kappa shape index (κ2) is 13.8. The van der Waals surface area contributed by atoms with E-state index in [-0.39, 0.29) is 10.8 Å². The summed E-state index contributed by atoms with van der Waals surface area (Å²) in [5.41, 5.74) is 4.09. The topological polar surface area (TPSA) is 74.6 Å². The van der Waals surface area contributed by atoms with E-state index in [4.69, 9.17) is 9.98 Å². The van der Waals surface area contributed by atoms with Crippen molar-refractivity contribution in [3.63, 3.8) is 0 Å². The SMILES string of the molecule is Cc1cc(C)nc(NC(=NCCN=C(Nc2cc(C)cc(C)n2)C(C)(C)C)C(C)(C)C)c1.c1ccccc1. The summed E-state index contributed by atoms with van der Waals surface area (Å²) in [6.07, 6.45) is 0. The lowest BCUT2D eigenvalue weighted by Gasteiger charge is -2.24. The predicted octanol–water partition coefficient (Wildman–Crippen LogP) is 7.81. The maximum Gasteiger partial charge on any atom is 0.131 e. The van der Waals surface area contributed by atoms with Crippen LogP contribution in [0.2, 0.25) is 0 Å². The van der Waals surface area contributed by atoms with E-state index in [0.29, 0.717) is 13.1 Å². The Bertz CT molecular complexity index is 1070. The van der Waals surface area contributed by atoms with Crippen LogP contribution in [0.5, 0.6) is 0 Å². The van der Waals surface area contributed by atoms with Crippen LogP contribution in [-0.4, -0.2) is 34.7 Å². The highest BCUT2D eigenvalue weighted by molar-refractivity contribution is 5.99. The normalized spacial score (nSPS) is 12.5. The Balaban J connectivity index is 0.000000739. The monoisotopic (exact) mass is 514 g/mol. The van der Waals surface area contributed by atoms with Crippen LogP contribution in [-0.2, 0) is 0 Å². The average Bonchev–Trinajstić information content (AvgIpc) is 2.79. The molecule has 2 aromatic heterocycles. The average molecular weight is 515 g/mol. The smallest absolute Gasteiger partial charge is 0.131 e. The minimum atomic E-state index is -0.128. The van der Waals surface area contributed by atoms with Crippen LogP contribution in [0.25, 0.3) is 0 Å². The van der Waals surface area contributed by atoms with Gasteiger partial charge in [-0.15, -0.1) is 0 Å². The van der Waals surface area contributed by atoms with Gasteiger partial charge in [0.15, 0.2) is 0 Å². The molecular weight excluding hydrogens is 468 g/mol. The summed E-state index contributed by atoms with van der Waals surface area (Å²) in [6.45, 7) is 22.3. The van der Waals surface area contributed by atoms with Crippen molar-refractivity contribution in [3.8, 4) is 0 Å². The number of hydrogen-bond acceptors (Lipinski definition) is 4. The van der Waals surface area contributed by atoms with Gasteiger partial charge in [0.1, 0.15) is 23.3 Å². The lowest BCUT2D eigenvalue weighted by Crippen LogP contribution is -2.30. The number of anilines is 2. The minimum absolute atomic E-state index is 0.128. The number of aromatic nitrogens is 2. The molecule has 2 N–H and O–H groups in total. The Kier molecular flexibility index (Phi) is 11.2. The number of rotatable bonds is 5. The maximum atomic E-state index is 4.85. The van der Waals surface area contributed by atoms with E-state index in [2.05, 4.69) is 88.1 Å². The van der Waals surface area contributed by atoms with Crippen LogP contribution in [0.15, 0.2) is 70.6 Å². The summed E-state index contributed by atoms with van der Waals surface area (Å²) in [7, 11) is 0. The van der Waals surface area contributed by atoms with Gasteiger partial charge in [-0.1, -0.05) is 77.9 Å². The quantitative estimate of drug-likeness (QED) is 0.207. The lowest BCUT2D eigenvalue weighted by molar-refractivity contribution is 0.582. The van der Waals surface area contributed by atoms with Gasteiger partial charge in [0.25, 0.3) is 0 Å². The van der Waals surface area contributed by atoms with E-state index in [1.165, 1.54) is 11.1 Å². The zero-order valence-corrected chi connectivity index (χ0v) is 25.0. The molecule has 6 heteroatoms. The molecule has 0 spiro atoms.